The van der Waals surface area contributed by atoms with Gasteiger partial charge in [-0.15, -0.1) is 0 Å². The van der Waals surface area contributed by atoms with E-state index >= 15 is 0 Å². The van der Waals surface area contributed by atoms with Gasteiger partial charge in [-0.05, 0) is 26.0 Å². The maximum absolute atomic E-state index is 12.5. The van der Waals surface area contributed by atoms with E-state index in [0.717, 1.165) is 5.69 Å². The van der Waals surface area contributed by atoms with Crippen molar-refractivity contribution in [1.82, 2.24) is 15.0 Å². The van der Waals surface area contributed by atoms with Gasteiger partial charge in [0.05, 0.1) is 11.3 Å². The minimum absolute atomic E-state index is 0.369. The second-order valence-corrected chi connectivity index (χ2v) is 5.97. The van der Waals surface area contributed by atoms with Crippen molar-refractivity contribution in [2.45, 2.75) is 30.7 Å². The van der Waals surface area contributed by atoms with Crippen LogP contribution in [0.4, 0.5) is 0 Å². The third-order valence-corrected chi connectivity index (χ3v) is 4.33. The van der Waals surface area contributed by atoms with Crippen LogP contribution in [0.3, 0.4) is 0 Å². The highest BCUT2D eigenvalue weighted by atomic mass is 32.2. The minimum Gasteiger partial charge on any atom is -0.480 e. The molecule has 1 atom stereocenters. The molecule has 2 aromatic rings. The van der Waals surface area contributed by atoms with E-state index in [9.17, 15) is 9.59 Å². The lowest BCUT2D eigenvalue weighted by atomic mass is 10.2. The molecule has 0 saturated carbocycles. The van der Waals surface area contributed by atoms with Gasteiger partial charge < -0.3 is 14.5 Å². The Balaban J connectivity index is 2.16. The third-order valence-electron chi connectivity index (χ3n) is 3.29. The number of carbonyl (C=O) groups is 2. The number of aryl methyl sites for hydroxylation is 1. The summed E-state index contributed by atoms with van der Waals surface area (Å²) in [6.07, 6.45) is 1.59. The molecule has 0 bridgehead atoms. The average molecular weight is 335 g/mol. The third kappa shape index (κ3) is 4.10. The van der Waals surface area contributed by atoms with Crippen LogP contribution in [0.2, 0.25) is 0 Å². The molecule has 0 aliphatic heterocycles. The number of aromatic nitrogens is 2. The van der Waals surface area contributed by atoms with Crippen LogP contribution in [-0.4, -0.2) is 45.1 Å². The summed E-state index contributed by atoms with van der Waals surface area (Å²) in [6, 6.07) is 4.18. The lowest BCUT2D eigenvalue weighted by Crippen LogP contribution is -2.40. The number of thioether (sulfide) groups is 1. The van der Waals surface area contributed by atoms with Crippen LogP contribution >= 0.6 is 11.8 Å². The van der Waals surface area contributed by atoms with E-state index in [-0.39, 0.29) is 5.91 Å². The van der Waals surface area contributed by atoms with Gasteiger partial charge in [-0.25, -0.2) is 9.78 Å². The Morgan fingerprint density at radius 2 is 2.22 bits per heavy atom. The zero-order valence-electron chi connectivity index (χ0n) is 13.0. The number of aliphatic carboxylic acids is 1. The van der Waals surface area contributed by atoms with Gasteiger partial charge in [0.25, 0.3) is 5.91 Å². The van der Waals surface area contributed by atoms with Crippen molar-refractivity contribution in [1.29, 1.82) is 0 Å². The number of carboxylic acids is 1. The number of hydrogen-bond donors (Lipinski definition) is 1. The molecule has 7 nitrogen and oxygen atoms in total. The highest BCUT2D eigenvalue weighted by molar-refractivity contribution is 7.98. The van der Waals surface area contributed by atoms with Crippen molar-refractivity contribution in [3.63, 3.8) is 0 Å². The van der Waals surface area contributed by atoms with Crippen LogP contribution in [0, 0.1) is 6.92 Å². The first-order chi connectivity index (χ1) is 10.9. The topological polar surface area (TPSA) is 96.5 Å². The molecule has 1 amide bonds. The molecule has 1 unspecified atom stereocenters. The van der Waals surface area contributed by atoms with E-state index in [4.69, 9.17) is 9.63 Å². The lowest BCUT2D eigenvalue weighted by molar-refractivity contribution is -0.141. The molecule has 8 heteroatoms. The van der Waals surface area contributed by atoms with Crippen molar-refractivity contribution in [2.75, 3.05) is 7.05 Å². The largest absolute Gasteiger partial charge is 0.480 e. The average Bonchev–Trinajstić information content (AvgIpc) is 2.96. The molecule has 0 radical (unpaired) electrons. The van der Waals surface area contributed by atoms with Crippen molar-refractivity contribution in [2.24, 2.45) is 0 Å². The fraction of sp³-hybridized carbons (Fsp3) is 0.333. The number of amides is 1. The second-order valence-electron chi connectivity index (χ2n) is 5.00. The van der Waals surface area contributed by atoms with E-state index in [1.807, 2.05) is 6.07 Å². The molecule has 0 fully saturated rings. The van der Waals surface area contributed by atoms with Gasteiger partial charge in [0.15, 0.2) is 0 Å². The van der Waals surface area contributed by atoms with E-state index in [2.05, 4.69) is 10.1 Å². The predicted molar refractivity (Wildman–Crippen MR) is 84.2 cm³/mol. The predicted octanol–water partition coefficient (Wildman–Crippen LogP) is 2.22. The summed E-state index contributed by atoms with van der Waals surface area (Å²) >= 11 is 1.35. The maximum Gasteiger partial charge on any atom is 0.326 e. The Morgan fingerprint density at radius 3 is 2.83 bits per heavy atom. The van der Waals surface area contributed by atoms with Crippen LogP contribution in [0.15, 0.2) is 33.9 Å². The van der Waals surface area contributed by atoms with Crippen LogP contribution < -0.4 is 0 Å². The van der Waals surface area contributed by atoms with Crippen molar-refractivity contribution < 1.29 is 19.2 Å². The summed E-state index contributed by atoms with van der Waals surface area (Å²) in [5, 5.41) is 13.5. The highest BCUT2D eigenvalue weighted by Gasteiger charge is 2.25. The van der Waals surface area contributed by atoms with Gasteiger partial charge in [-0.3, -0.25) is 4.79 Å². The fourth-order valence-corrected chi connectivity index (χ4v) is 2.70. The molecule has 2 rings (SSSR count). The minimum atomic E-state index is -1.06. The van der Waals surface area contributed by atoms with Gasteiger partial charge in [0, 0.05) is 25.1 Å². The Bertz CT molecular complexity index is 716. The first-order valence-electron chi connectivity index (χ1n) is 6.90. The summed E-state index contributed by atoms with van der Waals surface area (Å²) in [7, 11) is 1.46. The number of likely N-dealkylation sites (N-methyl/N-ethyl adjacent to an activating group) is 1. The zero-order valence-corrected chi connectivity index (χ0v) is 13.8. The van der Waals surface area contributed by atoms with E-state index in [0.29, 0.717) is 22.1 Å². The van der Waals surface area contributed by atoms with Crippen LogP contribution in [0.25, 0.3) is 0 Å². The number of hydrogen-bond acceptors (Lipinski definition) is 6. The molecule has 0 saturated heterocycles. The molecule has 2 heterocycles. The summed E-state index contributed by atoms with van der Waals surface area (Å²) in [4.78, 5) is 28.9. The molecule has 2 aromatic heterocycles. The number of carboxylic acid groups (broad SMARTS) is 1. The summed E-state index contributed by atoms with van der Waals surface area (Å²) in [5.74, 6) is -0.218. The first kappa shape index (κ1) is 17.0. The maximum atomic E-state index is 12.5. The highest BCUT2D eigenvalue weighted by Crippen LogP contribution is 2.25. The summed E-state index contributed by atoms with van der Waals surface area (Å²) in [5.41, 5.74) is 1.12. The fourth-order valence-electron chi connectivity index (χ4n) is 1.83. The van der Waals surface area contributed by atoms with Crippen molar-refractivity contribution in [3.8, 4) is 0 Å². The Kier molecular flexibility index (Phi) is 5.38. The smallest absolute Gasteiger partial charge is 0.326 e. The van der Waals surface area contributed by atoms with Crippen LogP contribution in [0.1, 0.15) is 28.7 Å². The van der Waals surface area contributed by atoms with Gasteiger partial charge >= 0.3 is 5.97 Å². The molecule has 1 N–H and O–H groups in total. The van der Waals surface area contributed by atoms with E-state index in [1.165, 1.54) is 30.6 Å². The SMILES string of the molecule is Cc1cc(CSc2ncccc2C(=O)N(C)C(C)C(=O)O)no1. The van der Waals surface area contributed by atoms with Gasteiger partial charge in [-0.2, -0.15) is 0 Å². The molecule has 0 aliphatic carbocycles. The molecule has 23 heavy (non-hydrogen) atoms. The molecule has 0 spiro atoms. The van der Waals surface area contributed by atoms with Gasteiger partial charge in [-0.1, -0.05) is 16.9 Å². The normalized spacial score (nSPS) is 12.0. The molecule has 0 aromatic carbocycles. The van der Waals surface area contributed by atoms with Gasteiger partial charge in [0.2, 0.25) is 0 Å². The second kappa shape index (κ2) is 7.28. The standard InChI is InChI=1S/C15H17N3O4S/c1-9-7-11(17-22-9)8-23-13-12(5-4-6-16-13)14(19)18(3)10(2)15(20)21/h4-7,10H,8H2,1-3H3,(H,20,21). The molecular formula is C15H17N3O4S. The number of rotatable bonds is 6. The Morgan fingerprint density at radius 1 is 1.48 bits per heavy atom. The Labute approximate surface area is 137 Å². The molecular weight excluding hydrogens is 318 g/mol. The molecule has 122 valence electrons. The lowest BCUT2D eigenvalue weighted by Gasteiger charge is -2.22. The van der Waals surface area contributed by atoms with E-state index < -0.39 is 12.0 Å². The van der Waals surface area contributed by atoms with Crippen molar-refractivity contribution >= 4 is 23.6 Å². The monoisotopic (exact) mass is 335 g/mol. The van der Waals surface area contributed by atoms with Crippen molar-refractivity contribution in [3.05, 3.63) is 41.4 Å². The van der Waals surface area contributed by atoms with Crippen LogP contribution in [0.5, 0.6) is 0 Å². The first-order valence-corrected chi connectivity index (χ1v) is 7.88. The molecule has 0 aliphatic rings. The zero-order chi connectivity index (χ0) is 17.0. The van der Waals surface area contributed by atoms with E-state index in [1.54, 1.807) is 25.3 Å². The summed E-state index contributed by atoms with van der Waals surface area (Å²) in [6.45, 7) is 3.26. The number of carbonyl (C=O) groups excluding carboxylic acids is 1. The van der Waals surface area contributed by atoms with Crippen LogP contribution in [-0.2, 0) is 10.5 Å². The summed E-state index contributed by atoms with van der Waals surface area (Å²) < 4.78 is 5.00. The Hall–Kier alpha value is -2.35. The number of nitrogens with zero attached hydrogens (tertiary/aromatic N) is 3. The van der Waals surface area contributed by atoms with Gasteiger partial charge in [0.1, 0.15) is 16.8 Å². The number of pyridine rings is 1. The quantitative estimate of drug-likeness (QED) is 0.808.